The Morgan fingerprint density at radius 1 is 1.29 bits per heavy atom. The predicted octanol–water partition coefficient (Wildman–Crippen LogP) is 0.941. The summed E-state index contributed by atoms with van der Waals surface area (Å²) in [6, 6.07) is 5.90. The molecule has 1 aromatic carbocycles. The van der Waals surface area contributed by atoms with E-state index in [4.69, 9.17) is 9.47 Å². The van der Waals surface area contributed by atoms with Gasteiger partial charge in [-0.25, -0.2) is 13.1 Å². The molecule has 3 rings (SSSR count). The fourth-order valence-corrected chi connectivity index (χ4v) is 4.83. The van der Waals surface area contributed by atoms with E-state index in [0.29, 0.717) is 18.6 Å². The third-order valence-corrected chi connectivity index (χ3v) is 6.82. The van der Waals surface area contributed by atoms with E-state index in [1.165, 1.54) is 19.2 Å². The third-order valence-electron chi connectivity index (χ3n) is 5.34. The van der Waals surface area contributed by atoms with Gasteiger partial charge < -0.3 is 19.9 Å². The van der Waals surface area contributed by atoms with Gasteiger partial charge in [-0.05, 0) is 44.2 Å². The van der Waals surface area contributed by atoms with Gasteiger partial charge in [-0.1, -0.05) is 6.07 Å². The molecule has 1 aliphatic carbocycles. The lowest BCUT2D eigenvalue weighted by Crippen LogP contribution is -2.51. The molecule has 1 saturated carbocycles. The van der Waals surface area contributed by atoms with Crippen LogP contribution in [0.15, 0.2) is 29.2 Å². The Bertz CT molecular complexity index is 780. The number of ether oxygens (including phenoxy) is 2. The number of rotatable bonds is 8. The van der Waals surface area contributed by atoms with Crippen LogP contribution in [0.2, 0.25) is 0 Å². The Labute approximate surface area is 165 Å². The molecule has 156 valence electrons. The number of methoxy groups -OCH3 is 1. The lowest BCUT2D eigenvalue weighted by Gasteiger charge is -2.36. The molecule has 9 heteroatoms. The van der Waals surface area contributed by atoms with Crippen molar-refractivity contribution in [3.63, 3.8) is 0 Å². The van der Waals surface area contributed by atoms with Crippen molar-refractivity contribution in [2.75, 3.05) is 13.7 Å². The van der Waals surface area contributed by atoms with Gasteiger partial charge in [-0.2, -0.15) is 0 Å². The number of benzene rings is 1. The van der Waals surface area contributed by atoms with E-state index in [1.807, 2.05) is 0 Å². The number of aliphatic hydroxyl groups excluding tert-OH is 1. The van der Waals surface area contributed by atoms with Crippen LogP contribution in [-0.4, -0.2) is 57.4 Å². The average molecular weight is 413 g/mol. The van der Waals surface area contributed by atoms with Gasteiger partial charge in [-0.15, -0.1) is 0 Å². The van der Waals surface area contributed by atoms with Crippen LogP contribution >= 0.6 is 0 Å². The summed E-state index contributed by atoms with van der Waals surface area (Å²) in [5, 5.41) is 12.6. The number of sulfonamides is 1. The fourth-order valence-electron chi connectivity index (χ4n) is 3.50. The summed E-state index contributed by atoms with van der Waals surface area (Å²) in [4.78, 5) is 12.2. The van der Waals surface area contributed by atoms with Crippen LogP contribution in [0, 0.1) is 0 Å². The SMILES string of the molecule is COc1cccc(S(=O)(=O)N[C@@H]2CC[C@H](CC(=O)NC3CCC3)O[C@@H]2CO)c1. The maximum atomic E-state index is 12.7. The van der Waals surface area contributed by atoms with E-state index in [1.54, 1.807) is 12.1 Å². The highest BCUT2D eigenvalue weighted by molar-refractivity contribution is 7.89. The first-order chi connectivity index (χ1) is 13.4. The van der Waals surface area contributed by atoms with Crippen molar-refractivity contribution in [1.82, 2.24) is 10.0 Å². The summed E-state index contributed by atoms with van der Waals surface area (Å²) in [5.41, 5.74) is 0. The average Bonchev–Trinajstić information content (AvgIpc) is 2.65. The molecular formula is C19H28N2O6S. The first kappa shape index (κ1) is 21.0. The second-order valence-corrected chi connectivity index (χ2v) is 9.08. The molecule has 0 unspecified atom stereocenters. The Morgan fingerprint density at radius 2 is 2.07 bits per heavy atom. The molecule has 0 bridgehead atoms. The van der Waals surface area contributed by atoms with Crippen molar-refractivity contribution < 1.29 is 27.8 Å². The molecule has 1 heterocycles. The topological polar surface area (TPSA) is 114 Å². The number of hydrogen-bond donors (Lipinski definition) is 3. The van der Waals surface area contributed by atoms with Gasteiger partial charge in [-0.3, -0.25) is 4.79 Å². The van der Waals surface area contributed by atoms with Crippen LogP contribution < -0.4 is 14.8 Å². The summed E-state index contributed by atoms with van der Waals surface area (Å²) < 4.78 is 38.9. The van der Waals surface area contributed by atoms with Gasteiger partial charge >= 0.3 is 0 Å². The van der Waals surface area contributed by atoms with Crippen LogP contribution in [0.1, 0.15) is 38.5 Å². The number of aliphatic hydroxyl groups is 1. The van der Waals surface area contributed by atoms with Crippen LogP contribution in [0.3, 0.4) is 0 Å². The third kappa shape index (κ3) is 5.22. The monoisotopic (exact) mass is 412 g/mol. The van der Waals surface area contributed by atoms with Crippen LogP contribution in [-0.2, 0) is 19.6 Å². The Morgan fingerprint density at radius 3 is 2.71 bits per heavy atom. The van der Waals surface area contributed by atoms with E-state index in [2.05, 4.69) is 10.0 Å². The van der Waals surface area contributed by atoms with Gasteiger partial charge in [0.05, 0.1) is 43.3 Å². The van der Waals surface area contributed by atoms with E-state index in [0.717, 1.165) is 19.3 Å². The molecule has 1 aliphatic heterocycles. The largest absolute Gasteiger partial charge is 0.497 e. The highest BCUT2D eigenvalue weighted by Crippen LogP contribution is 2.25. The standard InChI is InChI=1S/C19H28N2O6S/c1-26-14-6-3-7-16(10-14)28(24,25)21-17-9-8-15(27-18(17)12-22)11-19(23)20-13-4-2-5-13/h3,6-7,10,13,15,17-18,21-22H,2,4-5,8-9,11-12H2,1H3,(H,20,23)/t15-,17-,18-/m1/s1. The number of carbonyl (C=O) groups excluding carboxylic acids is 1. The van der Waals surface area contributed by atoms with Crippen molar-refractivity contribution in [2.45, 2.75) is 67.7 Å². The zero-order valence-electron chi connectivity index (χ0n) is 16.0. The number of hydrogen-bond acceptors (Lipinski definition) is 6. The maximum Gasteiger partial charge on any atom is 0.241 e. The molecule has 3 atom stereocenters. The zero-order valence-corrected chi connectivity index (χ0v) is 16.8. The molecule has 0 spiro atoms. The lowest BCUT2D eigenvalue weighted by atomic mass is 9.92. The smallest absolute Gasteiger partial charge is 0.241 e. The summed E-state index contributed by atoms with van der Waals surface area (Å²) >= 11 is 0. The van der Waals surface area contributed by atoms with Crippen LogP contribution in [0.4, 0.5) is 0 Å². The van der Waals surface area contributed by atoms with Crippen LogP contribution in [0.25, 0.3) is 0 Å². The molecule has 1 saturated heterocycles. The molecule has 8 nitrogen and oxygen atoms in total. The molecule has 2 fully saturated rings. The van der Waals surface area contributed by atoms with E-state index >= 15 is 0 Å². The number of amides is 1. The summed E-state index contributed by atoms with van der Waals surface area (Å²) in [6.45, 7) is -0.327. The highest BCUT2D eigenvalue weighted by atomic mass is 32.2. The number of carbonyl (C=O) groups is 1. The molecule has 1 aromatic rings. The highest BCUT2D eigenvalue weighted by Gasteiger charge is 2.35. The lowest BCUT2D eigenvalue weighted by molar-refractivity contribution is -0.131. The van der Waals surface area contributed by atoms with Crippen molar-refractivity contribution in [3.8, 4) is 5.75 Å². The van der Waals surface area contributed by atoms with Crippen molar-refractivity contribution >= 4 is 15.9 Å². The fraction of sp³-hybridized carbons (Fsp3) is 0.632. The second kappa shape index (κ2) is 9.21. The second-order valence-electron chi connectivity index (χ2n) is 7.36. The van der Waals surface area contributed by atoms with Gasteiger partial charge in [0.1, 0.15) is 5.75 Å². The van der Waals surface area contributed by atoms with Crippen molar-refractivity contribution in [1.29, 1.82) is 0 Å². The van der Waals surface area contributed by atoms with Gasteiger partial charge in [0, 0.05) is 12.1 Å². The van der Waals surface area contributed by atoms with Gasteiger partial charge in [0.2, 0.25) is 15.9 Å². The molecule has 2 aliphatic rings. The minimum Gasteiger partial charge on any atom is -0.497 e. The van der Waals surface area contributed by atoms with Crippen molar-refractivity contribution in [2.24, 2.45) is 0 Å². The Hall–Kier alpha value is -1.68. The summed E-state index contributed by atoms with van der Waals surface area (Å²) in [7, 11) is -2.32. The quantitative estimate of drug-likeness (QED) is 0.586. The van der Waals surface area contributed by atoms with Gasteiger partial charge in [0.15, 0.2) is 0 Å². The first-order valence-corrected chi connectivity index (χ1v) is 11.1. The molecule has 0 radical (unpaired) electrons. The normalized spacial score (nSPS) is 25.7. The van der Waals surface area contributed by atoms with Gasteiger partial charge in [0.25, 0.3) is 0 Å². The van der Waals surface area contributed by atoms with E-state index < -0.39 is 22.2 Å². The summed E-state index contributed by atoms with van der Waals surface area (Å²) in [6.07, 6.45) is 3.41. The molecule has 0 aromatic heterocycles. The van der Waals surface area contributed by atoms with E-state index in [9.17, 15) is 18.3 Å². The summed E-state index contributed by atoms with van der Waals surface area (Å²) in [5.74, 6) is 0.390. The minimum absolute atomic E-state index is 0.0539. The van der Waals surface area contributed by atoms with E-state index in [-0.39, 0.29) is 36.0 Å². The Balaban J connectivity index is 1.58. The molecule has 28 heavy (non-hydrogen) atoms. The van der Waals surface area contributed by atoms with Crippen LogP contribution in [0.5, 0.6) is 5.75 Å². The van der Waals surface area contributed by atoms with Crippen molar-refractivity contribution in [3.05, 3.63) is 24.3 Å². The molecule has 1 amide bonds. The Kier molecular flexibility index (Phi) is 6.92. The molecular weight excluding hydrogens is 384 g/mol. The molecule has 3 N–H and O–H groups in total. The maximum absolute atomic E-state index is 12.7. The predicted molar refractivity (Wildman–Crippen MR) is 102 cm³/mol. The zero-order chi connectivity index (χ0) is 20.1. The minimum atomic E-state index is -3.79. The number of nitrogens with one attached hydrogen (secondary N) is 2. The first-order valence-electron chi connectivity index (χ1n) is 9.63.